The number of anilines is 1. The highest BCUT2D eigenvalue weighted by molar-refractivity contribution is 5.24. The fourth-order valence-electron chi connectivity index (χ4n) is 2.64. The zero-order chi connectivity index (χ0) is 15.8. The van der Waals surface area contributed by atoms with Crippen molar-refractivity contribution < 1.29 is 9.13 Å². The fraction of sp³-hybridized carbons (Fsp3) is 0.667. The lowest BCUT2D eigenvalue weighted by Gasteiger charge is -2.28. The zero-order valence-electron chi connectivity index (χ0n) is 12.0. The number of hydrogen-bond donors (Lipinski definition) is 1. The molecule has 114 valence electrons. The Labute approximate surface area is 120 Å². The second-order valence-electron chi connectivity index (χ2n) is 5.27. The summed E-state index contributed by atoms with van der Waals surface area (Å²) in [6.45, 7) is 4.64. The maximum Gasteiger partial charge on any atom is 0.351 e. The van der Waals surface area contributed by atoms with Crippen LogP contribution in [0.1, 0.15) is 33.4 Å². The summed E-state index contributed by atoms with van der Waals surface area (Å²) in [5, 5.41) is 3.63. The Hall–Kier alpha value is -2.12. The van der Waals surface area contributed by atoms with Crippen molar-refractivity contribution >= 4 is 5.82 Å². The molecule has 1 aliphatic heterocycles. The van der Waals surface area contributed by atoms with E-state index in [0.717, 1.165) is 4.57 Å². The molecule has 0 aliphatic carbocycles. The van der Waals surface area contributed by atoms with E-state index >= 15 is 4.39 Å². The van der Waals surface area contributed by atoms with Gasteiger partial charge in [-0.2, -0.15) is 4.98 Å². The molecular formula is C12H17FN6O2. The predicted molar refractivity (Wildman–Crippen MR) is 73.9 cm³/mol. The molecule has 4 atom stereocenters. The number of azide groups is 1. The number of alkyl halides is 1. The summed E-state index contributed by atoms with van der Waals surface area (Å²) in [7, 11) is 0. The van der Waals surface area contributed by atoms with Gasteiger partial charge in [-0.25, -0.2) is 9.18 Å². The van der Waals surface area contributed by atoms with E-state index in [1.807, 2.05) is 0 Å². The van der Waals surface area contributed by atoms with Crippen molar-refractivity contribution in [1.82, 2.24) is 9.55 Å². The average Bonchev–Trinajstić information content (AvgIpc) is 2.61. The smallest absolute Gasteiger partial charge is 0.351 e. The van der Waals surface area contributed by atoms with Crippen LogP contribution in [0.5, 0.6) is 0 Å². The molecule has 8 nitrogen and oxygen atoms in total. The Balaban J connectivity index is 2.55. The summed E-state index contributed by atoms with van der Waals surface area (Å²) in [4.78, 5) is 18.2. The van der Waals surface area contributed by atoms with Crippen LogP contribution in [-0.2, 0) is 4.74 Å². The lowest BCUT2D eigenvalue weighted by molar-refractivity contribution is -0.0969. The maximum absolute atomic E-state index is 15.1. The Morgan fingerprint density at radius 1 is 1.71 bits per heavy atom. The summed E-state index contributed by atoms with van der Waals surface area (Å²) < 4.78 is 21.8. The molecule has 21 heavy (non-hydrogen) atoms. The predicted octanol–water partition coefficient (Wildman–Crippen LogP) is 2.14. The van der Waals surface area contributed by atoms with Gasteiger partial charge in [0, 0.05) is 17.0 Å². The van der Waals surface area contributed by atoms with Crippen LogP contribution in [0.3, 0.4) is 0 Å². The SMILES string of the molecule is CC[C@@]1(N=[N+]=[N-])O[C@@H](n2ccc(N)nc2=O)[C@](C)(F)[C@@H]1C. The zero-order valence-corrected chi connectivity index (χ0v) is 12.0. The van der Waals surface area contributed by atoms with Crippen molar-refractivity contribution in [3.8, 4) is 0 Å². The number of nitrogens with zero attached hydrogens (tertiary/aromatic N) is 5. The minimum absolute atomic E-state index is 0.0413. The molecule has 1 saturated heterocycles. The van der Waals surface area contributed by atoms with E-state index in [0.29, 0.717) is 0 Å². The Kier molecular flexibility index (Phi) is 3.65. The van der Waals surface area contributed by atoms with Gasteiger partial charge < -0.3 is 10.5 Å². The van der Waals surface area contributed by atoms with E-state index < -0.39 is 29.2 Å². The highest BCUT2D eigenvalue weighted by atomic mass is 19.1. The Bertz CT molecular complexity index is 653. The largest absolute Gasteiger partial charge is 0.383 e. The molecule has 2 heterocycles. The molecule has 0 unspecified atom stereocenters. The Morgan fingerprint density at radius 3 is 2.90 bits per heavy atom. The molecule has 0 radical (unpaired) electrons. The number of rotatable bonds is 3. The number of nitrogens with two attached hydrogens (primary N) is 1. The topological polar surface area (TPSA) is 119 Å². The highest BCUT2D eigenvalue weighted by Gasteiger charge is 2.60. The fourth-order valence-corrected chi connectivity index (χ4v) is 2.64. The van der Waals surface area contributed by atoms with Crippen LogP contribution in [0.4, 0.5) is 10.2 Å². The molecule has 0 saturated carbocycles. The van der Waals surface area contributed by atoms with Gasteiger partial charge in [0.1, 0.15) is 5.82 Å². The molecule has 0 bridgehead atoms. The molecule has 0 spiro atoms. The van der Waals surface area contributed by atoms with E-state index in [1.165, 1.54) is 19.2 Å². The minimum atomic E-state index is -1.91. The van der Waals surface area contributed by atoms with Crippen LogP contribution < -0.4 is 11.4 Å². The summed E-state index contributed by atoms with van der Waals surface area (Å²) >= 11 is 0. The summed E-state index contributed by atoms with van der Waals surface area (Å²) in [5.74, 6) is -0.694. The molecule has 1 aromatic rings. The molecular weight excluding hydrogens is 279 g/mol. The molecule has 1 fully saturated rings. The number of halogens is 1. The maximum atomic E-state index is 15.1. The van der Waals surface area contributed by atoms with E-state index in [4.69, 9.17) is 16.0 Å². The lowest BCUT2D eigenvalue weighted by atomic mass is 9.85. The number of hydrogen-bond acceptors (Lipinski definition) is 5. The van der Waals surface area contributed by atoms with Crippen molar-refractivity contribution in [3.63, 3.8) is 0 Å². The quantitative estimate of drug-likeness (QED) is 0.522. The second-order valence-corrected chi connectivity index (χ2v) is 5.27. The first-order valence-corrected chi connectivity index (χ1v) is 6.56. The van der Waals surface area contributed by atoms with Gasteiger partial charge in [-0.15, -0.1) is 0 Å². The van der Waals surface area contributed by atoms with Gasteiger partial charge in [0.2, 0.25) is 0 Å². The van der Waals surface area contributed by atoms with Crippen LogP contribution in [0.25, 0.3) is 10.4 Å². The van der Waals surface area contributed by atoms with Gasteiger partial charge in [-0.3, -0.25) is 4.57 Å². The number of ether oxygens (including phenoxy) is 1. The van der Waals surface area contributed by atoms with Gasteiger partial charge in [0.25, 0.3) is 0 Å². The first-order valence-electron chi connectivity index (χ1n) is 6.56. The summed E-state index contributed by atoms with van der Waals surface area (Å²) in [6, 6.07) is 1.38. The Morgan fingerprint density at radius 2 is 2.38 bits per heavy atom. The lowest BCUT2D eigenvalue weighted by Crippen LogP contribution is -2.39. The molecule has 0 amide bonds. The number of nitrogen functional groups attached to an aromatic ring is 1. The van der Waals surface area contributed by atoms with Gasteiger partial charge in [0.15, 0.2) is 17.6 Å². The molecule has 2 rings (SSSR count). The highest BCUT2D eigenvalue weighted by Crippen LogP contribution is 2.52. The van der Waals surface area contributed by atoms with Crippen molar-refractivity contribution in [3.05, 3.63) is 33.2 Å². The average molecular weight is 296 g/mol. The molecule has 0 aromatic carbocycles. The summed E-state index contributed by atoms with van der Waals surface area (Å²) in [6.07, 6.45) is 0.367. The standard InChI is InChI=1S/C12H17FN6O2/c1-4-12(17-18-15)7(2)11(3,13)9(21-12)19-6-5-8(14)16-10(19)20/h5-7,9H,4H2,1-3H3,(H2,14,16,20)/t7-,9+,11+,12+/m0/s1. The summed E-state index contributed by atoms with van der Waals surface area (Å²) in [5.41, 5.74) is 10.2. The van der Waals surface area contributed by atoms with Crippen molar-refractivity contribution in [2.45, 2.75) is 44.8 Å². The minimum Gasteiger partial charge on any atom is -0.383 e. The third-order valence-electron chi connectivity index (χ3n) is 4.15. The van der Waals surface area contributed by atoms with Crippen molar-refractivity contribution in [1.29, 1.82) is 0 Å². The first-order chi connectivity index (χ1) is 9.78. The van der Waals surface area contributed by atoms with Crippen LogP contribution in [0.2, 0.25) is 0 Å². The normalized spacial score (nSPS) is 35.4. The van der Waals surface area contributed by atoms with Crippen molar-refractivity contribution in [2.24, 2.45) is 11.0 Å². The molecule has 9 heteroatoms. The first kappa shape index (κ1) is 15.3. The van der Waals surface area contributed by atoms with Gasteiger partial charge >= 0.3 is 5.69 Å². The van der Waals surface area contributed by atoms with Gasteiger partial charge in [0.05, 0.1) is 0 Å². The van der Waals surface area contributed by atoms with Gasteiger partial charge in [-0.1, -0.05) is 19.0 Å². The molecule has 1 aliphatic rings. The second kappa shape index (κ2) is 5.01. The van der Waals surface area contributed by atoms with E-state index in [-0.39, 0.29) is 12.2 Å². The van der Waals surface area contributed by atoms with Crippen molar-refractivity contribution in [2.75, 3.05) is 5.73 Å². The van der Waals surface area contributed by atoms with Gasteiger partial charge in [-0.05, 0) is 24.9 Å². The van der Waals surface area contributed by atoms with E-state index in [1.54, 1.807) is 13.8 Å². The molecule has 2 N–H and O–H groups in total. The third kappa shape index (κ3) is 2.24. The van der Waals surface area contributed by atoms with Crippen LogP contribution >= 0.6 is 0 Å². The number of aromatic nitrogens is 2. The monoisotopic (exact) mass is 296 g/mol. The van der Waals surface area contributed by atoms with E-state index in [9.17, 15) is 4.79 Å². The third-order valence-corrected chi connectivity index (χ3v) is 4.15. The van der Waals surface area contributed by atoms with E-state index in [2.05, 4.69) is 15.0 Å². The van der Waals surface area contributed by atoms with Crippen LogP contribution in [0.15, 0.2) is 22.2 Å². The molecule has 1 aromatic heterocycles. The van der Waals surface area contributed by atoms with Crippen LogP contribution in [0, 0.1) is 5.92 Å². The van der Waals surface area contributed by atoms with Crippen LogP contribution in [-0.4, -0.2) is 20.9 Å².